The van der Waals surface area contributed by atoms with Crippen molar-refractivity contribution in [1.82, 2.24) is 15.0 Å². The molecule has 55 heavy (non-hydrogen) atoms. The minimum absolute atomic E-state index is 0.0210. The van der Waals surface area contributed by atoms with Gasteiger partial charge in [-0.3, -0.25) is 0 Å². The van der Waals surface area contributed by atoms with E-state index in [4.69, 9.17) is 15.0 Å². The first kappa shape index (κ1) is 27.6. The van der Waals surface area contributed by atoms with E-state index < -0.39 is 0 Å². The third-order valence-corrected chi connectivity index (χ3v) is 11.6. The molecule has 0 amide bonds. The van der Waals surface area contributed by atoms with Crippen LogP contribution in [-0.2, 0) is 0 Å². The molecule has 9 aromatic carbocycles. The van der Waals surface area contributed by atoms with Gasteiger partial charge in [0.05, 0.1) is 5.48 Å². The second-order valence-corrected chi connectivity index (χ2v) is 14.7. The van der Waals surface area contributed by atoms with Crippen molar-refractivity contribution in [3.63, 3.8) is 0 Å². The van der Waals surface area contributed by atoms with Crippen LogP contribution in [0.2, 0.25) is 0 Å². The van der Waals surface area contributed by atoms with Crippen molar-refractivity contribution in [3.05, 3.63) is 188 Å². The van der Waals surface area contributed by atoms with Crippen molar-refractivity contribution < 1.29 is 5.48 Å². The van der Waals surface area contributed by atoms with Crippen LogP contribution in [0.5, 0.6) is 0 Å². The summed E-state index contributed by atoms with van der Waals surface area (Å²) in [4.78, 5) is 14.6. The predicted octanol–water partition coefficient (Wildman–Crippen LogP) is 14.0. The van der Waals surface area contributed by atoms with E-state index in [1.165, 1.54) is 20.2 Å². The minimum atomic E-state index is -0.217. The Kier molecular flexibility index (Phi) is 6.44. The van der Waals surface area contributed by atoms with Crippen LogP contribution in [0.4, 0.5) is 0 Å². The zero-order chi connectivity index (χ0) is 39.8. The fraction of sp³-hybridized carbons (Fsp3) is 0. The van der Waals surface area contributed by atoms with E-state index in [9.17, 15) is 5.48 Å². The van der Waals surface area contributed by atoms with E-state index in [1.807, 2.05) is 84.9 Å². The van der Waals surface area contributed by atoms with Gasteiger partial charge in [-0.05, 0) is 66.7 Å². The number of hydrogen-bond acceptors (Lipinski definition) is 4. The van der Waals surface area contributed by atoms with Gasteiger partial charge in [0.2, 0.25) is 0 Å². The fourth-order valence-corrected chi connectivity index (χ4v) is 8.98. The van der Waals surface area contributed by atoms with Gasteiger partial charge in [-0.25, -0.2) is 15.0 Å². The maximum absolute atomic E-state index is 9.55. The van der Waals surface area contributed by atoms with Gasteiger partial charge in [0.25, 0.3) is 0 Å². The minimum Gasteiger partial charge on any atom is -0.208 e. The Balaban J connectivity index is 1.09. The molecule has 0 saturated heterocycles. The molecule has 11 aromatic rings. The van der Waals surface area contributed by atoms with Crippen molar-refractivity contribution >= 4 is 63.8 Å². The quantitative estimate of drug-likeness (QED) is 0.131. The van der Waals surface area contributed by atoms with Gasteiger partial charge in [-0.1, -0.05) is 176 Å². The Morgan fingerprint density at radius 2 is 0.945 bits per heavy atom. The molecule has 256 valence electrons. The number of nitrogens with zero attached hydrogens (tertiary/aromatic N) is 3. The highest BCUT2D eigenvalue weighted by atomic mass is 32.1. The third kappa shape index (κ3) is 5.38. The molecule has 0 radical (unpaired) electrons. The summed E-state index contributed by atoms with van der Waals surface area (Å²) < 4.78 is 40.6. The SMILES string of the molecule is [2H]c1c([2H])c(-c2c3ccccc3cc3c2ccc2ccccc23)c([2H])c([2H])c1-c1nc(-c2ccccc2)nc(-c2ccc(-c3cccc4c3sc3ccccc34)cc2)n1. The summed E-state index contributed by atoms with van der Waals surface area (Å²) in [6.45, 7) is 0. The van der Waals surface area contributed by atoms with Crippen molar-refractivity contribution in [3.8, 4) is 56.4 Å². The Hall–Kier alpha value is -7.01. The van der Waals surface area contributed by atoms with E-state index in [0.29, 0.717) is 17.2 Å². The van der Waals surface area contributed by atoms with Gasteiger partial charge in [0.1, 0.15) is 0 Å². The van der Waals surface area contributed by atoms with E-state index in [2.05, 4.69) is 78.9 Å². The first-order valence-corrected chi connectivity index (χ1v) is 19.0. The molecule has 0 fully saturated rings. The summed E-state index contributed by atoms with van der Waals surface area (Å²) in [5, 5.41) is 8.27. The van der Waals surface area contributed by atoms with Crippen LogP contribution in [0.15, 0.2) is 188 Å². The molecule has 0 aliphatic heterocycles. The molecule has 0 bridgehead atoms. The number of hydrogen-bond donors (Lipinski definition) is 0. The van der Waals surface area contributed by atoms with Gasteiger partial charge in [0, 0.05) is 36.9 Å². The first-order chi connectivity index (χ1) is 28.9. The highest BCUT2D eigenvalue weighted by Crippen LogP contribution is 2.41. The van der Waals surface area contributed by atoms with Crippen LogP contribution in [0.1, 0.15) is 5.48 Å². The van der Waals surface area contributed by atoms with Crippen LogP contribution >= 0.6 is 11.3 Å². The van der Waals surface area contributed by atoms with Gasteiger partial charge in [-0.15, -0.1) is 11.3 Å². The topological polar surface area (TPSA) is 38.7 Å². The van der Waals surface area contributed by atoms with E-state index in [0.717, 1.165) is 54.6 Å². The normalized spacial score (nSPS) is 12.7. The van der Waals surface area contributed by atoms with Crippen molar-refractivity contribution in [2.45, 2.75) is 0 Å². The molecular weight excluding hydrogens is 687 g/mol. The molecule has 0 atom stereocenters. The summed E-state index contributed by atoms with van der Waals surface area (Å²) in [5.74, 6) is 0.816. The van der Waals surface area contributed by atoms with Gasteiger partial charge >= 0.3 is 0 Å². The summed E-state index contributed by atoms with van der Waals surface area (Å²) in [7, 11) is 0. The van der Waals surface area contributed by atoms with Crippen molar-refractivity contribution in [1.29, 1.82) is 0 Å². The molecule has 0 aliphatic carbocycles. The van der Waals surface area contributed by atoms with Crippen LogP contribution in [-0.4, -0.2) is 15.0 Å². The zero-order valence-electron chi connectivity index (χ0n) is 33.3. The molecule has 0 saturated carbocycles. The zero-order valence-corrected chi connectivity index (χ0v) is 30.2. The number of fused-ring (bicyclic) bond motifs is 7. The smallest absolute Gasteiger partial charge is 0.164 e. The van der Waals surface area contributed by atoms with E-state index in [1.54, 1.807) is 11.3 Å². The third-order valence-electron chi connectivity index (χ3n) is 10.4. The first-order valence-electron chi connectivity index (χ1n) is 20.2. The molecule has 2 aromatic heterocycles. The van der Waals surface area contributed by atoms with Crippen LogP contribution < -0.4 is 0 Å². The highest BCUT2D eigenvalue weighted by Gasteiger charge is 2.16. The van der Waals surface area contributed by atoms with Crippen molar-refractivity contribution in [2.75, 3.05) is 0 Å². The number of thiophene rings is 1. The van der Waals surface area contributed by atoms with Crippen LogP contribution in [0.25, 0.3) is 109 Å². The molecule has 0 N–H and O–H groups in total. The summed E-state index contributed by atoms with van der Waals surface area (Å²) in [6, 6.07) is 54.2. The Morgan fingerprint density at radius 3 is 1.73 bits per heavy atom. The molecule has 11 rings (SSSR count). The second-order valence-electron chi connectivity index (χ2n) is 13.6. The van der Waals surface area contributed by atoms with Gasteiger partial charge < -0.3 is 0 Å². The molecule has 0 aliphatic rings. The predicted molar refractivity (Wildman–Crippen MR) is 232 cm³/mol. The Morgan fingerprint density at radius 1 is 0.364 bits per heavy atom. The largest absolute Gasteiger partial charge is 0.208 e. The average Bonchev–Trinajstić information content (AvgIpc) is 3.67. The second kappa shape index (κ2) is 12.8. The lowest BCUT2D eigenvalue weighted by Gasteiger charge is -2.14. The number of benzene rings is 9. The van der Waals surface area contributed by atoms with E-state index >= 15 is 0 Å². The van der Waals surface area contributed by atoms with Crippen molar-refractivity contribution in [2.24, 2.45) is 0 Å². The lowest BCUT2D eigenvalue weighted by Crippen LogP contribution is -2.00. The molecule has 0 unspecified atom stereocenters. The molecule has 4 heteroatoms. The highest BCUT2D eigenvalue weighted by molar-refractivity contribution is 7.26. The monoisotopic (exact) mass is 721 g/mol. The molecule has 0 spiro atoms. The number of rotatable bonds is 5. The van der Waals surface area contributed by atoms with E-state index in [-0.39, 0.29) is 41.1 Å². The molecular formula is C51H31N3S. The summed E-state index contributed by atoms with van der Waals surface area (Å²) in [6.07, 6.45) is 0. The lowest BCUT2D eigenvalue weighted by atomic mass is 9.89. The Labute approximate surface area is 327 Å². The maximum Gasteiger partial charge on any atom is 0.164 e. The average molecular weight is 722 g/mol. The summed E-state index contributed by atoms with van der Waals surface area (Å²) >= 11 is 1.79. The standard InChI is InChI=1S/C51H31N3S/c1-2-12-35(13-3-1)49-52-50(36-25-21-33(22-26-36)41-18-10-19-44-42-17-8-9-20-46(42)55-48(41)44)54-51(53-49)37-27-23-34(24-28-37)47-40-16-7-5-14-38(40)31-45-39-15-6-4-11-32(39)29-30-43(45)47/h1-31H/i23D,24D,27D,28D. The van der Waals surface area contributed by atoms with Gasteiger partial charge in [0.15, 0.2) is 17.5 Å². The number of aromatic nitrogens is 3. The van der Waals surface area contributed by atoms with Crippen LogP contribution in [0, 0.1) is 0 Å². The maximum atomic E-state index is 9.55. The summed E-state index contributed by atoms with van der Waals surface area (Å²) in [5.41, 5.74) is 4.61. The lowest BCUT2D eigenvalue weighted by molar-refractivity contribution is 1.07. The Bertz CT molecular complexity index is 3460. The molecule has 2 heterocycles. The van der Waals surface area contributed by atoms with Crippen LogP contribution in [0.3, 0.4) is 0 Å². The fourth-order valence-electron chi connectivity index (χ4n) is 7.75. The van der Waals surface area contributed by atoms with Gasteiger partial charge in [-0.2, -0.15) is 0 Å². The molecule has 3 nitrogen and oxygen atoms in total.